The van der Waals surface area contributed by atoms with Crippen LogP contribution >= 0.6 is 0 Å². The Hall–Kier alpha value is -12.5. The third kappa shape index (κ3) is 11.3. The Morgan fingerprint density at radius 3 is 0.880 bits per heavy atom. The van der Waals surface area contributed by atoms with Gasteiger partial charge in [0.05, 0.1) is 67.6 Å². The average molecular weight is 1180 g/mol. The van der Waals surface area contributed by atoms with E-state index >= 15 is 0 Å². The van der Waals surface area contributed by atoms with Crippen molar-refractivity contribution in [3.8, 4) is 113 Å². The van der Waals surface area contributed by atoms with Crippen LogP contribution in [0.3, 0.4) is 0 Å². The molecule has 0 aliphatic heterocycles. The zero-order valence-electron chi connectivity index (χ0n) is 49.8. The first-order valence-corrected chi connectivity index (χ1v) is 30.7. The Balaban J connectivity index is 0.000000147. The quantitative estimate of drug-likeness (QED) is 0.133. The zero-order valence-corrected chi connectivity index (χ0v) is 49.8. The van der Waals surface area contributed by atoms with E-state index in [1.165, 1.54) is 10.8 Å². The lowest BCUT2D eigenvalue weighted by Gasteiger charge is -2.11. The number of fused-ring (bicyclic) bond motifs is 5. The van der Waals surface area contributed by atoms with Crippen LogP contribution in [0.5, 0.6) is 0 Å². The zero-order chi connectivity index (χ0) is 61.2. The highest BCUT2D eigenvalue weighted by Gasteiger charge is 2.16. The maximum absolute atomic E-state index is 5.14. The van der Waals surface area contributed by atoms with Crippen LogP contribution in [0.15, 0.2) is 328 Å². The molecule has 11 aromatic carbocycles. The lowest BCUT2D eigenvalue weighted by molar-refractivity contribution is 1.17. The van der Waals surface area contributed by atoms with Crippen molar-refractivity contribution in [3.05, 3.63) is 328 Å². The van der Waals surface area contributed by atoms with Crippen LogP contribution in [-0.2, 0) is 0 Å². The summed E-state index contributed by atoms with van der Waals surface area (Å²) in [5, 5.41) is 6.78. The standard InChI is InChI=1S/C44H28N4.C40H26N4/c1-3-11-30(12-4-1)42-28-43(48-44(47-42)33-13-5-2-6-14-33)39-25-23-32-19-21-35(27-41(32)46-39)34-20-18-31-22-24-38(45-40(31)26-34)37-17-9-15-29-10-7-8-16-36(29)37;1-4-10-27(11-5-1)34-22-20-29-16-18-32(24-36(29)41-34)33-19-17-30-21-23-35(42-37(30)25-33)39-26-38(28-12-6-2-7-13-28)43-40(44-39)31-14-8-3-9-15-31/h1-28H;1-26H. The van der Waals surface area contributed by atoms with Crippen molar-refractivity contribution in [2.75, 3.05) is 0 Å². The molecule has 17 rings (SSSR count). The Bertz CT molecular complexity index is 5450. The molecular weight excluding hydrogens is 1120 g/mol. The number of nitrogens with zero attached hydrogens (tertiary/aromatic N) is 8. The lowest BCUT2D eigenvalue weighted by atomic mass is 9.99. The summed E-state index contributed by atoms with van der Waals surface area (Å²) in [6.45, 7) is 0. The van der Waals surface area contributed by atoms with E-state index in [2.05, 4.69) is 188 Å². The lowest BCUT2D eigenvalue weighted by Crippen LogP contribution is -1.97. The van der Waals surface area contributed by atoms with Gasteiger partial charge in [-0.05, 0) is 93.7 Å². The van der Waals surface area contributed by atoms with Gasteiger partial charge in [0.15, 0.2) is 11.6 Å². The highest BCUT2D eigenvalue weighted by molar-refractivity contribution is 5.98. The molecule has 0 spiro atoms. The molecule has 0 saturated heterocycles. The molecule has 0 saturated carbocycles. The van der Waals surface area contributed by atoms with Gasteiger partial charge in [-0.15, -0.1) is 0 Å². The van der Waals surface area contributed by atoms with Gasteiger partial charge in [-0.2, -0.15) is 0 Å². The van der Waals surface area contributed by atoms with Crippen LogP contribution in [0, 0.1) is 0 Å². The maximum Gasteiger partial charge on any atom is 0.160 e. The first-order valence-electron chi connectivity index (χ1n) is 30.7. The summed E-state index contributed by atoms with van der Waals surface area (Å²) < 4.78 is 0. The molecule has 6 heterocycles. The molecule has 17 aromatic rings. The minimum absolute atomic E-state index is 0.675. The van der Waals surface area contributed by atoms with Crippen molar-refractivity contribution >= 4 is 54.4 Å². The monoisotopic (exact) mass is 1170 g/mol. The van der Waals surface area contributed by atoms with E-state index in [0.717, 1.165) is 145 Å². The summed E-state index contributed by atoms with van der Waals surface area (Å²) in [5.41, 5.74) is 21.2. The van der Waals surface area contributed by atoms with Gasteiger partial charge in [-0.3, -0.25) is 0 Å². The van der Waals surface area contributed by atoms with Gasteiger partial charge in [-0.25, -0.2) is 39.9 Å². The second-order valence-electron chi connectivity index (χ2n) is 22.7. The Morgan fingerprint density at radius 1 is 0.152 bits per heavy atom. The fourth-order valence-corrected chi connectivity index (χ4v) is 11.9. The summed E-state index contributed by atoms with van der Waals surface area (Å²) in [4.78, 5) is 40.2. The van der Waals surface area contributed by atoms with E-state index in [9.17, 15) is 0 Å². The van der Waals surface area contributed by atoms with Gasteiger partial charge < -0.3 is 0 Å². The predicted molar refractivity (Wildman–Crippen MR) is 377 cm³/mol. The number of rotatable bonds is 10. The Morgan fingerprint density at radius 2 is 0.457 bits per heavy atom. The van der Waals surface area contributed by atoms with Gasteiger partial charge in [0.25, 0.3) is 0 Å². The van der Waals surface area contributed by atoms with E-state index in [0.29, 0.717) is 11.6 Å². The number of hydrogen-bond donors (Lipinski definition) is 0. The maximum atomic E-state index is 5.14. The van der Waals surface area contributed by atoms with Crippen molar-refractivity contribution in [3.63, 3.8) is 0 Å². The van der Waals surface area contributed by atoms with Crippen LogP contribution in [0.2, 0.25) is 0 Å². The fraction of sp³-hybridized carbons (Fsp3) is 0. The highest BCUT2D eigenvalue weighted by atomic mass is 14.9. The van der Waals surface area contributed by atoms with E-state index in [1.54, 1.807) is 0 Å². The van der Waals surface area contributed by atoms with Gasteiger partial charge in [-0.1, -0.05) is 267 Å². The summed E-state index contributed by atoms with van der Waals surface area (Å²) in [6.07, 6.45) is 0. The molecule has 0 bridgehead atoms. The van der Waals surface area contributed by atoms with E-state index in [1.807, 2.05) is 140 Å². The third-order valence-electron chi connectivity index (χ3n) is 16.8. The molecule has 430 valence electrons. The number of pyridine rings is 4. The van der Waals surface area contributed by atoms with Crippen molar-refractivity contribution in [2.24, 2.45) is 0 Å². The molecule has 0 radical (unpaired) electrons. The molecule has 0 unspecified atom stereocenters. The molecule has 0 aliphatic rings. The number of hydrogen-bond acceptors (Lipinski definition) is 8. The molecule has 0 aliphatic carbocycles. The van der Waals surface area contributed by atoms with Crippen molar-refractivity contribution in [2.45, 2.75) is 0 Å². The molecule has 0 amide bonds. The molecule has 0 N–H and O–H groups in total. The predicted octanol–water partition coefficient (Wildman–Crippen LogP) is 21.0. The minimum Gasteiger partial charge on any atom is -0.248 e. The Kier molecular flexibility index (Phi) is 14.4. The molecular formula is C84H54N8. The van der Waals surface area contributed by atoms with Crippen molar-refractivity contribution < 1.29 is 0 Å². The van der Waals surface area contributed by atoms with E-state index in [4.69, 9.17) is 39.9 Å². The SMILES string of the molecule is c1ccc(-c2cc(-c3ccc4ccc(-c5ccc6ccc(-c7cccc8ccccc78)nc6c5)cc4n3)nc(-c3ccccc3)n2)cc1.c1ccc(-c2cc(-c3ccc4ccc(-c5ccc6ccc(-c7ccccc7)nc6c5)cc4n3)nc(-c3ccccc3)n2)cc1. The third-order valence-corrected chi connectivity index (χ3v) is 16.8. The second-order valence-corrected chi connectivity index (χ2v) is 22.7. The topological polar surface area (TPSA) is 103 Å². The molecule has 0 atom stereocenters. The summed E-state index contributed by atoms with van der Waals surface area (Å²) in [6, 6.07) is 112. The van der Waals surface area contributed by atoms with Gasteiger partial charge in [0.1, 0.15) is 0 Å². The van der Waals surface area contributed by atoms with Crippen molar-refractivity contribution in [1.82, 2.24) is 39.9 Å². The second kappa shape index (κ2) is 24.2. The molecule has 6 aromatic heterocycles. The largest absolute Gasteiger partial charge is 0.248 e. The summed E-state index contributed by atoms with van der Waals surface area (Å²) >= 11 is 0. The Labute approximate surface area is 531 Å². The normalized spacial score (nSPS) is 11.3. The van der Waals surface area contributed by atoms with E-state index < -0.39 is 0 Å². The van der Waals surface area contributed by atoms with E-state index in [-0.39, 0.29) is 0 Å². The van der Waals surface area contributed by atoms with Crippen molar-refractivity contribution in [1.29, 1.82) is 0 Å². The molecule has 0 fully saturated rings. The van der Waals surface area contributed by atoms with Crippen LogP contribution in [0.25, 0.3) is 167 Å². The van der Waals surface area contributed by atoms with Crippen LogP contribution in [0.4, 0.5) is 0 Å². The summed E-state index contributed by atoms with van der Waals surface area (Å²) in [7, 11) is 0. The van der Waals surface area contributed by atoms with Crippen LogP contribution in [-0.4, -0.2) is 39.9 Å². The fourth-order valence-electron chi connectivity index (χ4n) is 11.9. The van der Waals surface area contributed by atoms with Gasteiger partial charge in [0, 0.05) is 54.9 Å². The smallest absolute Gasteiger partial charge is 0.160 e. The van der Waals surface area contributed by atoms with Crippen LogP contribution in [0.1, 0.15) is 0 Å². The molecule has 8 heteroatoms. The number of aromatic nitrogens is 8. The van der Waals surface area contributed by atoms with Gasteiger partial charge >= 0.3 is 0 Å². The van der Waals surface area contributed by atoms with Crippen LogP contribution < -0.4 is 0 Å². The summed E-state index contributed by atoms with van der Waals surface area (Å²) in [5.74, 6) is 1.35. The first-order chi connectivity index (χ1) is 45.5. The average Bonchev–Trinajstić information content (AvgIpc) is 1.08. The number of benzene rings is 11. The van der Waals surface area contributed by atoms with Gasteiger partial charge in [0.2, 0.25) is 0 Å². The first kappa shape index (κ1) is 54.8. The molecule has 92 heavy (non-hydrogen) atoms. The highest BCUT2D eigenvalue weighted by Crippen LogP contribution is 2.35. The minimum atomic E-state index is 0.675. The molecule has 8 nitrogen and oxygen atoms in total.